The first-order valence-electron chi connectivity index (χ1n) is 8.22. The van der Waals surface area contributed by atoms with E-state index >= 15 is 0 Å². The van der Waals surface area contributed by atoms with Crippen molar-refractivity contribution in [3.63, 3.8) is 0 Å². The maximum absolute atomic E-state index is 12.1. The molecule has 1 amide bonds. The van der Waals surface area contributed by atoms with Crippen molar-refractivity contribution in [1.82, 2.24) is 15.1 Å². The molecule has 1 aromatic carbocycles. The standard InChI is InChI=1S/C19H20N4O2/c1-13-6-7-16(14(2)12-13)21-17(24)4-3-5-18-22-19(23-25-18)15-8-10-20-11-9-15/h6-12H,3-5H2,1-2H3,(H,21,24). The van der Waals surface area contributed by atoms with Crippen molar-refractivity contribution in [2.24, 2.45) is 0 Å². The number of amides is 1. The largest absolute Gasteiger partial charge is 0.339 e. The van der Waals surface area contributed by atoms with Crippen LogP contribution in [0.2, 0.25) is 0 Å². The third kappa shape index (κ3) is 4.50. The molecule has 6 heteroatoms. The Morgan fingerprint density at radius 2 is 1.96 bits per heavy atom. The van der Waals surface area contributed by atoms with Crippen LogP contribution in [-0.4, -0.2) is 21.0 Å². The summed E-state index contributed by atoms with van der Waals surface area (Å²) in [6.07, 6.45) is 4.99. The van der Waals surface area contributed by atoms with Crippen LogP contribution in [-0.2, 0) is 11.2 Å². The lowest BCUT2D eigenvalue weighted by Gasteiger charge is -2.08. The zero-order valence-corrected chi connectivity index (χ0v) is 14.3. The first-order valence-corrected chi connectivity index (χ1v) is 8.22. The van der Waals surface area contributed by atoms with Gasteiger partial charge in [0.2, 0.25) is 17.6 Å². The zero-order chi connectivity index (χ0) is 17.6. The number of rotatable bonds is 6. The number of aryl methyl sites for hydroxylation is 3. The first-order chi connectivity index (χ1) is 12.1. The Bertz CT molecular complexity index is 859. The highest BCUT2D eigenvalue weighted by molar-refractivity contribution is 5.91. The second-order valence-electron chi connectivity index (χ2n) is 5.97. The van der Waals surface area contributed by atoms with Gasteiger partial charge < -0.3 is 9.84 Å². The van der Waals surface area contributed by atoms with Crippen LogP contribution >= 0.6 is 0 Å². The van der Waals surface area contributed by atoms with Gasteiger partial charge in [-0.3, -0.25) is 9.78 Å². The number of hydrogen-bond donors (Lipinski definition) is 1. The summed E-state index contributed by atoms with van der Waals surface area (Å²) in [4.78, 5) is 20.4. The minimum atomic E-state index is -0.0131. The summed E-state index contributed by atoms with van der Waals surface area (Å²) in [7, 11) is 0. The van der Waals surface area contributed by atoms with E-state index in [2.05, 4.69) is 26.5 Å². The number of hydrogen-bond acceptors (Lipinski definition) is 5. The Labute approximate surface area is 146 Å². The SMILES string of the molecule is Cc1ccc(NC(=O)CCCc2nc(-c3ccncc3)no2)c(C)c1. The van der Waals surface area contributed by atoms with Crippen LogP contribution in [0.3, 0.4) is 0 Å². The average Bonchev–Trinajstić information content (AvgIpc) is 3.07. The van der Waals surface area contributed by atoms with Gasteiger partial charge in [-0.1, -0.05) is 22.9 Å². The molecular formula is C19H20N4O2. The molecule has 6 nitrogen and oxygen atoms in total. The second kappa shape index (κ2) is 7.70. The molecule has 0 unspecified atom stereocenters. The maximum Gasteiger partial charge on any atom is 0.226 e. The minimum absolute atomic E-state index is 0.0131. The molecule has 0 bridgehead atoms. The monoisotopic (exact) mass is 336 g/mol. The van der Waals surface area contributed by atoms with Gasteiger partial charge in [0.1, 0.15) is 0 Å². The number of carbonyl (C=O) groups is 1. The number of carbonyl (C=O) groups excluding carboxylic acids is 1. The topological polar surface area (TPSA) is 80.9 Å². The minimum Gasteiger partial charge on any atom is -0.339 e. The van der Waals surface area contributed by atoms with E-state index in [0.29, 0.717) is 31.0 Å². The fourth-order valence-electron chi connectivity index (χ4n) is 2.54. The zero-order valence-electron chi connectivity index (χ0n) is 14.3. The Morgan fingerprint density at radius 1 is 1.16 bits per heavy atom. The van der Waals surface area contributed by atoms with Gasteiger partial charge in [-0.05, 0) is 44.0 Å². The second-order valence-corrected chi connectivity index (χ2v) is 5.97. The van der Waals surface area contributed by atoms with Crippen LogP contribution in [0.5, 0.6) is 0 Å². The van der Waals surface area contributed by atoms with Crippen LogP contribution in [0.1, 0.15) is 29.9 Å². The number of nitrogens with one attached hydrogen (secondary N) is 1. The van der Waals surface area contributed by atoms with E-state index in [9.17, 15) is 4.79 Å². The van der Waals surface area contributed by atoms with Crippen molar-refractivity contribution < 1.29 is 9.32 Å². The van der Waals surface area contributed by atoms with E-state index < -0.39 is 0 Å². The molecule has 2 aromatic heterocycles. The number of nitrogens with zero attached hydrogens (tertiary/aromatic N) is 3. The summed E-state index contributed by atoms with van der Waals surface area (Å²) >= 11 is 0. The van der Waals surface area contributed by atoms with Gasteiger partial charge in [0.25, 0.3) is 0 Å². The van der Waals surface area contributed by atoms with E-state index in [1.165, 1.54) is 5.56 Å². The molecule has 0 fully saturated rings. The molecule has 0 aliphatic carbocycles. The van der Waals surface area contributed by atoms with Crippen LogP contribution in [0.15, 0.2) is 47.2 Å². The Hall–Kier alpha value is -3.02. The number of benzene rings is 1. The van der Waals surface area contributed by atoms with Crippen molar-refractivity contribution in [2.75, 3.05) is 5.32 Å². The lowest BCUT2D eigenvalue weighted by molar-refractivity contribution is -0.116. The fraction of sp³-hybridized carbons (Fsp3) is 0.263. The lowest BCUT2D eigenvalue weighted by Crippen LogP contribution is -2.12. The summed E-state index contributed by atoms with van der Waals surface area (Å²) in [6, 6.07) is 9.62. The average molecular weight is 336 g/mol. The highest BCUT2D eigenvalue weighted by atomic mass is 16.5. The first kappa shape index (κ1) is 16.8. The van der Waals surface area contributed by atoms with Crippen molar-refractivity contribution in [3.8, 4) is 11.4 Å². The van der Waals surface area contributed by atoms with Crippen molar-refractivity contribution in [1.29, 1.82) is 0 Å². The molecule has 0 spiro atoms. The Balaban J connectivity index is 1.49. The van der Waals surface area contributed by atoms with Crippen LogP contribution in [0.4, 0.5) is 5.69 Å². The molecule has 0 atom stereocenters. The summed E-state index contributed by atoms with van der Waals surface area (Å²) in [5.41, 5.74) is 3.95. The number of pyridine rings is 1. The molecule has 0 aliphatic heterocycles. The molecule has 3 aromatic rings. The van der Waals surface area contributed by atoms with Gasteiger partial charge in [0.05, 0.1) is 0 Å². The Morgan fingerprint density at radius 3 is 2.72 bits per heavy atom. The molecule has 128 valence electrons. The normalized spacial score (nSPS) is 10.6. The van der Waals surface area contributed by atoms with Gasteiger partial charge in [0, 0.05) is 36.5 Å². The van der Waals surface area contributed by atoms with Crippen LogP contribution in [0.25, 0.3) is 11.4 Å². The molecule has 0 aliphatic rings. The maximum atomic E-state index is 12.1. The predicted molar refractivity (Wildman–Crippen MR) is 95.0 cm³/mol. The number of anilines is 1. The third-order valence-corrected chi connectivity index (χ3v) is 3.86. The van der Waals surface area contributed by atoms with Crippen LogP contribution < -0.4 is 5.32 Å². The van der Waals surface area contributed by atoms with E-state index in [-0.39, 0.29) is 5.91 Å². The van der Waals surface area contributed by atoms with Crippen LogP contribution in [0, 0.1) is 13.8 Å². The van der Waals surface area contributed by atoms with Gasteiger partial charge in [-0.2, -0.15) is 4.98 Å². The fourth-order valence-corrected chi connectivity index (χ4v) is 2.54. The molecule has 0 radical (unpaired) electrons. The molecule has 2 heterocycles. The molecular weight excluding hydrogens is 316 g/mol. The molecule has 0 saturated heterocycles. The van der Waals surface area contributed by atoms with Gasteiger partial charge >= 0.3 is 0 Å². The highest BCUT2D eigenvalue weighted by Crippen LogP contribution is 2.17. The van der Waals surface area contributed by atoms with Gasteiger partial charge in [0.15, 0.2) is 0 Å². The Kier molecular flexibility index (Phi) is 5.18. The number of aromatic nitrogens is 3. The van der Waals surface area contributed by atoms with E-state index in [0.717, 1.165) is 16.8 Å². The third-order valence-electron chi connectivity index (χ3n) is 3.86. The highest BCUT2D eigenvalue weighted by Gasteiger charge is 2.10. The van der Waals surface area contributed by atoms with E-state index in [4.69, 9.17) is 4.52 Å². The molecule has 1 N–H and O–H groups in total. The lowest BCUT2D eigenvalue weighted by atomic mass is 10.1. The van der Waals surface area contributed by atoms with Crippen molar-refractivity contribution in [3.05, 3.63) is 59.7 Å². The van der Waals surface area contributed by atoms with Gasteiger partial charge in [-0.15, -0.1) is 0 Å². The molecule has 25 heavy (non-hydrogen) atoms. The molecule has 3 rings (SSSR count). The summed E-state index contributed by atoms with van der Waals surface area (Å²) in [6.45, 7) is 4.02. The van der Waals surface area contributed by atoms with E-state index in [1.54, 1.807) is 12.4 Å². The van der Waals surface area contributed by atoms with Gasteiger partial charge in [-0.25, -0.2) is 0 Å². The quantitative estimate of drug-likeness (QED) is 0.742. The predicted octanol–water partition coefficient (Wildman–Crippen LogP) is 3.71. The summed E-state index contributed by atoms with van der Waals surface area (Å²) < 4.78 is 5.24. The molecule has 0 saturated carbocycles. The van der Waals surface area contributed by atoms with Crippen molar-refractivity contribution in [2.45, 2.75) is 33.1 Å². The summed E-state index contributed by atoms with van der Waals surface area (Å²) in [5.74, 6) is 1.06. The van der Waals surface area contributed by atoms with E-state index in [1.807, 2.05) is 38.1 Å². The smallest absolute Gasteiger partial charge is 0.226 e. The van der Waals surface area contributed by atoms with Crippen molar-refractivity contribution >= 4 is 11.6 Å². The summed E-state index contributed by atoms with van der Waals surface area (Å²) in [5, 5.41) is 6.90.